The highest BCUT2D eigenvalue weighted by molar-refractivity contribution is 7.99. The number of hydrogen-bond donors (Lipinski definition) is 1. The Balaban J connectivity index is 1.65. The van der Waals surface area contributed by atoms with Crippen LogP contribution in [0.25, 0.3) is 5.69 Å². The standard InChI is InChI=1S/C19H18N4O3S/c1-2-26-18(25)15-10-6-7-11-16(15)21-17(24)12-27-19-22-20-13-23(19)14-8-4-3-5-9-14/h3-11,13H,2,12H2,1H3,(H,21,24). The van der Waals surface area contributed by atoms with E-state index in [1.807, 2.05) is 34.9 Å². The van der Waals surface area contributed by atoms with Crippen LogP contribution in [0.4, 0.5) is 5.69 Å². The lowest BCUT2D eigenvalue weighted by Gasteiger charge is -2.10. The van der Waals surface area contributed by atoms with Gasteiger partial charge in [0.15, 0.2) is 5.16 Å². The smallest absolute Gasteiger partial charge is 0.340 e. The van der Waals surface area contributed by atoms with Gasteiger partial charge >= 0.3 is 5.97 Å². The molecule has 0 spiro atoms. The van der Waals surface area contributed by atoms with E-state index in [9.17, 15) is 9.59 Å². The normalized spacial score (nSPS) is 10.4. The zero-order valence-corrected chi connectivity index (χ0v) is 15.5. The lowest BCUT2D eigenvalue weighted by Crippen LogP contribution is -2.17. The number of benzene rings is 2. The summed E-state index contributed by atoms with van der Waals surface area (Å²) in [5.74, 6) is -0.591. The Labute approximate surface area is 160 Å². The van der Waals surface area contributed by atoms with Crippen molar-refractivity contribution in [3.8, 4) is 5.69 Å². The summed E-state index contributed by atoms with van der Waals surface area (Å²) in [7, 11) is 0. The number of aromatic nitrogens is 3. The van der Waals surface area contributed by atoms with Gasteiger partial charge < -0.3 is 10.1 Å². The minimum Gasteiger partial charge on any atom is -0.462 e. The SMILES string of the molecule is CCOC(=O)c1ccccc1NC(=O)CSc1nncn1-c1ccccc1. The van der Waals surface area contributed by atoms with E-state index in [4.69, 9.17) is 4.74 Å². The molecule has 0 radical (unpaired) electrons. The van der Waals surface area contributed by atoms with Gasteiger partial charge in [-0.3, -0.25) is 9.36 Å². The van der Waals surface area contributed by atoms with E-state index in [1.54, 1.807) is 37.5 Å². The molecule has 0 aliphatic rings. The molecule has 0 saturated carbocycles. The second kappa shape index (κ2) is 9.00. The molecule has 0 fully saturated rings. The minimum atomic E-state index is -0.468. The molecule has 0 bridgehead atoms. The Morgan fingerprint density at radius 1 is 1.11 bits per heavy atom. The maximum Gasteiger partial charge on any atom is 0.340 e. The van der Waals surface area contributed by atoms with Gasteiger partial charge in [0.25, 0.3) is 0 Å². The summed E-state index contributed by atoms with van der Waals surface area (Å²) < 4.78 is 6.83. The Morgan fingerprint density at radius 2 is 1.85 bits per heavy atom. The fourth-order valence-electron chi connectivity index (χ4n) is 2.38. The number of hydrogen-bond acceptors (Lipinski definition) is 6. The quantitative estimate of drug-likeness (QED) is 0.499. The zero-order chi connectivity index (χ0) is 19.1. The van der Waals surface area contributed by atoms with Crippen molar-refractivity contribution >= 4 is 29.3 Å². The Morgan fingerprint density at radius 3 is 2.63 bits per heavy atom. The number of carbonyl (C=O) groups is 2. The third kappa shape index (κ3) is 4.73. The molecule has 7 nitrogen and oxygen atoms in total. The fourth-order valence-corrected chi connectivity index (χ4v) is 3.11. The van der Waals surface area contributed by atoms with Crippen molar-refractivity contribution < 1.29 is 14.3 Å². The van der Waals surface area contributed by atoms with Crippen LogP contribution >= 0.6 is 11.8 Å². The molecule has 0 aliphatic carbocycles. The topological polar surface area (TPSA) is 86.1 Å². The zero-order valence-electron chi connectivity index (χ0n) is 14.7. The number of para-hydroxylation sites is 2. The van der Waals surface area contributed by atoms with Gasteiger partial charge in [-0.2, -0.15) is 0 Å². The predicted octanol–water partition coefficient (Wildman–Crippen LogP) is 3.17. The second-order valence-corrected chi connectivity index (χ2v) is 6.36. The number of anilines is 1. The molecule has 0 unspecified atom stereocenters. The molecule has 0 aliphatic heterocycles. The summed E-state index contributed by atoms with van der Waals surface area (Å²) in [6.07, 6.45) is 1.60. The Kier molecular flexibility index (Phi) is 6.22. The van der Waals surface area contributed by atoms with Crippen LogP contribution in [0, 0.1) is 0 Å². The van der Waals surface area contributed by atoms with Crippen molar-refractivity contribution in [1.82, 2.24) is 14.8 Å². The van der Waals surface area contributed by atoms with Gasteiger partial charge in [-0.05, 0) is 31.2 Å². The number of ether oxygens (including phenoxy) is 1. The number of nitrogens with one attached hydrogen (secondary N) is 1. The molecule has 138 valence electrons. The number of nitrogens with zero attached hydrogens (tertiary/aromatic N) is 3. The van der Waals surface area contributed by atoms with Crippen LogP contribution in [0.1, 0.15) is 17.3 Å². The van der Waals surface area contributed by atoms with E-state index >= 15 is 0 Å². The van der Waals surface area contributed by atoms with E-state index in [2.05, 4.69) is 15.5 Å². The third-order valence-electron chi connectivity index (χ3n) is 3.58. The van der Waals surface area contributed by atoms with Crippen molar-refractivity contribution in [3.63, 3.8) is 0 Å². The fraction of sp³-hybridized carbons (Fsp3) is 0.158. The third-order valence-corrected chi connectivity index (χ3v) is 4.52. The van der Waals surface area contributed by atoms with Crippen LogP contribution in [-0.2, 0) is 9.53 Å². The molecule has 1 N–H and O–H groups in total. The average molecular weight is 382 g/mol. The summed E-state index contributed by atoms with van der Waals surface area (Å²) in [5, 5.41) is 11.3. The van der Waals surface area contributed by atoms with Crippen molar-refractivity contribution in [2.45, 2.75) is 12.1 Å². The minimum absolute atomic E-state index is 0.128. The van der Waals surface area contributed by atoms with E-state index in [1.165, 1.54) is 11.8 Å². The summed E-state index contributed by atoms with van der Waals surface area (Å²) in [4.78, 5) is 24.3. The monoisotopic (exact) mass is 382 g/mol. The van der Waals surface area contributed by atoms with E-state index < -0.39 is 5.97 Å². The van der Waals surface area contributed by atoms with E-state index in [0.29, 0.717) is 16.4 Å². The molecule has 1 amide bonds. The van der Waals surface area contributed by atoms with E-state index in [-0.39, 0.29) is 18.3 Å². The molecule has 8 heteroatoms. The molecular weight excluding hydrogens is 364 g/mol. The molecule has 27 heavy (non-hydrogen) atoms. The van der Waals surface area contributed by atoms with Crippen LogP contribution in [0.3, 0.4) is 0 Å². The number of esters is 1. The highest BCUT2D eigenvalue weighted by atomic mass is 32.2. The highest BCUT2D eigenvalue weighted by Crippen LogP contribution is 2.21. The van der Waals surface area contributed by atoms with Gasteiger partial charge in [-0.15, -0.1) is 10.2 Å². The maximum atomic E-state index is 12.3. The van der Waals surface area contributed by atoms with Gasteiger partial charge in [-0.1, -0.05) is 42.1 Å². The van der Waals surface area contributed by atoms with Crippen LogP contribution in [0.2, 0.25) is 0 Å². The summed E-state index contributed by atoms with van der Waals surface area (Å²) in [6.45, 7) is 2.00. The van der Waals surface area contributed by atoms with Crippen molar-refractivity contribution in [2.75, 3.05) is 17.7 Å². The molecule has 3 aromatic rings. The summed E-state index contributed by atoms with van der Waals surface area (Å²) in [5.41, 5.74) is 1.66. The second-order valence-electron chi connectivity index (χ2n) is 5.42. The van der Waals surface area contributed by atoms with Crippen LogP contribution in [0.5, 0.6) is 0 Å². The van der Waals surface area contributed by atoms with Crippen LogP contribution in [0.15, 0.2) is 66.1 Å². The van der Waals surface area contributed by atoms with Gasteiger partial charge in [-0.25, -0.2) is 4.79 Å². The summed E-state index contributed by atoms with van der Waals surface area (Å²) >= 11 is 1.26. The van der Waals surface area contributed by atoms with Crippen molar-refractivity contribution in [3.05, 3.63) is 66.5 Å². The van der Waals surface area contributed by atoms with Gasteiger partial charge in [0.1, 0.15) is 6.33 Å². The number of carbonyl (C=O) groups excluding carboxylic acids is 2. The Hall–Kier alpha value is -3.13. The molecule has 3 rings (SSSR count). The van der Waals surface area contributed by atoms with Gasteiger partial charge in [0.05, 0.1) is 23.6 Å². The van der Waals surface area contributed by atoms with Crippen LogP contribution < -0.4 is 5.32 Å². The lowest BCUT2D eigenvalue weighted by atomic mass is 10.2. The molecule has 1 heterocycles. The first-order valence-corrected chi connectivity index (χ1v) is 9.32. The van der Waals surface area contributed by atoms with Crippen molar-refractivity contribution in [1.29, 1.82) is 0 Å². The maximum absolute atomic E-state index is 12.3. The van der Waals surface area contributed by atoms with Gasteiger partial charge in [0, 0.05) is 5.69 Å². The number of thioether (sulfide) groups is 1. The first kappa shape index (κ1) is 18.7. The number of rotatable bonds is 7. The highest BCUT2D eigenvalue weighted by Gasteiger charge is 2.15. The largest absolute Gasteiger partial charge is 0.462 e. The molecule has 1 aromatic heterocycles. The molecular formula is C19H18N4O3S. The van der Waals surface area contributed by atoms with Crippen molar-refractivity contribution in [2.24, 2.45) is 0 Å². The number of amides is 1. The predicted molar refractivity (Wildman–Crippen MR) is 103 cm³/mol. The average Bonchev–Trinajstić information content (AvgIpc) is 3.16. The molecule has 0 atom stereocenters. The Bertz CT molecular complexity index is 927. The molecule has 0 saturated heterocycles. The van der Waals surface area contributed by atoms with E-state index in [0.717, 1.165) is 5.69 Å². The first-order valence-electron chi connectivity index (χ1n) is 8.33. The summed E-state index contributed by atoms with van der Waals surface area (Å²) in [6, 6.07) is 16.4. The van der Waals surface area contributed by atoms with Gasteiger partial charge in [0.2, 0.25) is 5.91 Å². The van der Waals surface area contributed by atoms with Crippen LogP contribution in [-0.4, -0.2) is 39.0 Å². The lowest BCUT2D eigenvalue weighted by molar-refractivity contribution is -0.113. The first-order chi connectivity index (χ1) is 13.2. The molecule has 2 aromatic carbocycles.